The molecule has 0 bridgehead atoms. The van der Waals surface area contributed by atoms with E-state index in [2.05, 4.69) is 15.0 Å². The average molecular weight is 301 g/mol. The largest absolute Gasteiger partial charge is 0.464 e. The highest BCUT2D eigenvalue weighted by Crippen LogP contribution is 2.23. The molecule has 0 aliphatic carbocycles. The van der Waals surface area contributed by atoms with Crippen LogP contribution < -0.4 is 5.32 Å². The highest BCUT2D eigenvalue weighted by Gasteiger charge is 2.20. The molecule has 0 radical (unpaired) electrons. The summed E-state index contributed by atoms with van der Waals surface area (Å²) in [6.45, 7) is 1.72. The summed E-state index contributed by atoms with van der Waals surface area (Å²) in [5.41, 5.74) is -0.295. The zero-order valence-electron chi connectivity index (χ0n) is 11.3. The molecule has 0 saturated carbocycles. The number of ether oxygens (including phenoxy) is 1. The highest BCUT2D eigenvalue weighted by molar-refractivity contribution is 7.84. The summed E-state index contributed by atoms with van der Waals surface area (Å²) in [4.78, 5) is 25.6. The molecule has 2 atom stereocenters. The van der Waals surface area contributed by atoms with E-state index in [0.29, 0.717) is 5.75 Å². The Balaban J connectivity index is 3.08. The molecule has 1 rings (SSSR count). The lowest BCUT2D eigenvalue weighted by molar-refractivity contribution is -0.384. The number of rotatable bonds is 6. The van der Waals surface area contributed by atoms with E-state index in [9.17, 15) is 19.1 Å². The SMILES string of the molecule is COC(=O)c1ccc([N+](=O)[O-])c(NC(C)CS(C)=O)n1. The van der Waals surface area contributed by atoms with Gasteiger partial charge in [-0.2, -0.15) is 0 Å². The zero-order valence-corrected chi connectivity index (χ0v) is 12.1. The second-order valence-electron chi connectivity index (χ2n) is 4.10. The molecule has 0 aromatic carbocycles. The normalized spacial score (nSPS) is 13.3. The highest BCUT2D eigenvalue weighted by atomic mass is 32.2. The number of nitrogens with one attached hydrogen (secondary N) is 1. The van der Waals surface area contributed by atoms with Gasteiger partial charge in [0.05, 0.1) is 12.0 Å². The van der Waals surface area contributed by atoms with E-state index in [1.807, 2.05) is 0 Å². The van der Waals surface area contributed by atoms with E-state index in [1.165, 1.54) is 25.5 Å². The maximum Gasteiger partial charge on any atom is 0.356 e. The maximum atomic E-state index is 11.4. The molecule has 0 aliphatic rings. The molecule has 0 spiro atoms. The number of anilines is 1. The number of methoxy groups -OCH3 is 1. The van der Waals surface area contributed by atoms with Gasteiger partial charge in [-0.3, -0.25) is 14.3 Å². The predicted molar refractivity (Wildman–Crippen MR) is 74.2 cm³/mol. The summed E-state index contributed by atoms with van der Waals surface area (Å²) < 4.78 is 15.6. The number of hydrogen-bond acceptors (Lipinski definition) is 7. The summed E-state index contributed by atoms with van der Waals surface area (Å²) >= 11 is 0. The topological polar surface area (TPSA) is 111 Å². The minimum Gasteiger partial charge on any atom is -0.464 e. The van der Waals surface area contributed by atoms with Crippen molar-refractivity contribution >= 4 is 28.3 Å². The molecular weight excluding hydrogens is 286 g/mol. The third-order valence-corrected chi connectivity index (χ3v) is 3.30. The lowest BCUT2D eigenvalue weighted by Crippen LogP contribution is -2.24. The summed E-state index contributed by atoms with van der Waals surface area (Å²) in [6, 6.07) is 2.11. The molecule has 1 aromatic rings. The van der Waals surface area contributed by atoms with Gasteiger partial charge in [-0.1, -0.05) is 0 Å². The molecule has 0 amide bonds. The van der Waals surface area contributed by atoms with Crippen LogP contribution in [0.2, 0.25) is 0 Å². The van der Waals surface area contributed by atoms with Gasteiger partial charge in [0, 0.05) is 34.9 Å². The van der Waals surface area contributed by atoms with Gasteiger partial charge in [-0.25, -0.2) is 9.78 Å². The second kappa shape index (κ2) is 6.94. The van der Waals surface area contributed by atoms with E-state index in [-0.39, 0.29) is 23.2 Å². The van der Waals surface area contributed by atoms with Crippen LogP contribution in [-0.4, -0.2) is 45.2 Å². The third kappa shape index (κ3) is 4.26. The van der Waals surface area contributed by atoms with Crippen molar-refractivity contribution in [2.24, 2.45) is 0 Å². The van der Waals surface area contributed by atoms with Gasteiger partial charge in [0.15, 0.2) is 5.69 Å². The van der Waals surface area contributed by atoms with Crippen LogP contribution in [0.3, 0.4) is 0 Å². The first-order valence-electron chi connectivity index (χ1n) is 5.65. The first kappa shape index (κ1) is 16.0. The van der Waals surface area contributed by atoms with Crippen LogP contribution >= 0.6 is 0 Å². The fraction of sp³-hybridized carbons (Fsp3) is 0.455. The molecule has 0 aliphatic heterocycles. The third-order valence-electron chi connectivity index (χ3n) is 2.33. The van der Waals surface area contributed by atoms with Crippen LogP contribution in [0.4, 0.5) is 11.5 Å². The molecule has 0 saturated heterocycles. The number of hydrogen-bond donors (Lipinski definition) is 1. The van der Waals surface area contributed by atoms with Crippen molar-refractivity contribution in [3.05, 3.63) is 27.9 Å². The summed E-state index contributed by atoms with van der Waals surface area (Å²) in [5, 5.41) is 13.7. The quantitative estimate of drug-likeness (QED) is 0.473. The van der Waals surface area contributed by atoms with E-state index < -0.39 is 21.7 Å². The van der Waals surface area contributed by atoms with Crippen molar-refractivity contribution in [3.8, 4) is 0 Å². The van der Waals surface area contributed by atoms with Crippen molar-refractivity contribution in [1.82, 2.24) is 4.98 Å². The van der Waals surface area contributed by atoms with Crippen LogP contribution in [0, 0.1) is 10.1 Å². The van der Waals surface area contributed by atoms with Crippen LogP contribution in [0.5, 0.6) is 0 Å². The van der Waals surface area contributed by atoms with Crippen LogP contribution in [0.1, 0.15) is 17.4 Å². The molecule has 110 valence electrons. The molecule has 1 aromatic heterocycles. The number of esters is 1. The first-order valence-corrected chi connectivity index (χ1v) is 7.38. The monoisotopic (exact) mass is 301 g/mol. The van der Waals surface area contributed by atoms with Crippen molar-refractivity contribution in [1.29, 1.82) is 0 Å². The van der Waals surface area contributed by atoms with Crippen LogP contribution in [0.15, 0.2) is 12.1 Å². The van der Waals surface area contributed by atoms with Gasteiger partial charge in [-0.05, 0) is 13.0 Å². The summed E-state index contributed by atoms with van der Waals surface area (Å²) in [7, 11) is 0.142. The van der Waals surface area contributed by atoms with Crippen molar-refractivity contribution in [2.75, 3.05) is 24.4 Å². The minimum absolute atomic E-state index is 0.0366. The van der Waals surface area contributed by atoms with Gasteiger partial charge in [0.25, 0.3) is 0 Å². The lowest BCUT2D eigenvalue weighted by atomic mass is 10.3. The summed E-state index contributed by atoms with van der Waals surface area (Å²) in [5.74, 6) is -0.424. The Morgan fingerprint density at radius 1 is 1.60 bits per heavy atom. The first-order chi connectivity index (χ1) is 9.35. The van der Waals surface area contributed by atoms with E-state index in [0.717, 1.165) is 0 Å². The Morgan fingerprint density at radius 2 is 2.25 bits per heavy atom. The van der Waals surface area contributed by atoms with E-state index in [1.54, 1.807) is 6.92 Å². The van der Waals surface area contributed by atoms with Crippen molar-refractivity contribution in [2.45, 2.75) is 13.0 Å². The van der Waals surface area contributed by atoms with Crippen LogP contribution in [0.25, 0.3) is 0 Å². The predicted octanol–water partition coefficient (Wildman–Crippen LogP) is 0.955. The van der Waals surface area contributed by atoms with Gasteiger partial charge >= 0.3 is 11.7 Å². The standard InChI is InChI=1S/C11H15N3O5S/c1-7(6-20(3)18)12-10-9(14(16)17)5-4-8(13-10)11(15)19-2/h4-5,7H,6H2,1-3H3,(H,12,13). The van der Waals surface area contributed by atoms with Crippen molar-refractivity contribution in [3.63, 3.8) is 0 Å². The Hall–Kier alpha value is -2.03. The van der Waals surface area contributed by atoms with Crippen molar-refractivity contribution < 1.29 is 18.7 Å². The number of nitrogens with zero attached hydrogens (tertiary/aromatic N) is 2. The van der Waals surface area contributed by atoms with Gasteiger partial charge in [0.2, 0.25) is 5.82 Å². The van der Waals surface area contributed by atoms with Crippen LogP contribution in [-0.2, 0) is 15.5 Å². The zero-order chi connectivity index (χ0) is 15.3. The molecule has 8 nitrogen and oxygen atoms in total. The van der Waals surface area contributed by atoms with E-state index in [4.69, 9.17) is 0 Å². The minimum atomic E-state index is -1.05. The van der Waals surface area contributed by atoms with Gasteiger partial charge < -0.3 is 10.1 Å². The lowest BCUT2D eigenvalue weighted by Gasteiger charge is -2.13. The number of nitro groups is 1. The smallest absolute Gasteiger partial charge is 0.356 e. The molecule has 1 heterocycles. The second-order valence-corrected chi connectivity index (χ2v) is 5.58. The maximum absolute atomic E-state index is 11.4. The Morgan fingerprint density at radius 3 is 2.75 bits per heavy atom. The fourth-order valence-corrected chi connectivity index (χ4v) is 2.34. The Kier molecular flexibility index (Phi) is 5.56. The number of aromatic nitrogens is 1. The number of carbonyl (C=O) groups excluding carboxylic acids is 1. The molecule has 2 unspecified atom stereocenters. The van der Waals surface area contributed by atoms with Gasteiger partial charge in [-0.15, -0.1) is 0 Å². The molecule has 0 fully saturated rings. The molecule has 9 heteroatoms. The number of pyridine rings is 1. The average Bonchev–Trinajstić information content (AvgIpc) is 2.36. The summed E-state index contributed by atoms with van der Waals surface area (Å²) in [6.07, 6.45) is 1.53. The molecular formula is C11H15N3O5S. The Bertz CT molecular complexity index is 549. The van der Waals surface area contributed by atoms with E-state index >= 15 is 0 Å². The molecule has 20 heavy (non-hydrogen) atoms. The fourth-order valence-electron chi connectivity index (χ4n) is 1.55. The number of carbonyl (C=O) groups is 1. The van der Waals surface area contributed by atoms with Gasteiger partial charge in [0.1, 0.15) is 0 Å². The Labute approximate surface area is 118 Å². The molecule has 1 N–H and O–H groups in total.